The summed E-state index contributed by atoms with van der Waals surface area (Å²) in [5, 5.41) is 23.6. The van der Waals surface area contributed by atoms with Gasteiger partial charge in [0.15, 0.2) is 5.69 Å². The first-order chi connectivity index (χ1) is 9.28. The van der Waals surface area contributed by atoms with Crippen molar-refractivity contribution in [3.05, 3.63) is 34.8 Å². The van der Waals surface area contributed by atoms with E-state index in [1.165, 1.54) is 0 Å². The predicted molar refractivity (Wildman–Crippen MR) is 69.3 cm³/mol. The third kappa shape index (κ3) is 2.88. The van der Waals surface area contributed by atoms with E-state index in [4.69, 9.17) is 9.78 Å². The molecule has 0 aliphatic carbocycles. The van der Waals surface area contributed by atoms with Crippen molar-refractivity contribution in [1.82, 2.24) is 15.4 Å². The molecule has 19 heavy (non-hydrogen) atoms. The summed E-state index contributed by atoms with van der Waals surface area (Å²) in [6.07, 6.45) is 1.64. The lowest BCUT2D eigenvalue weighted by Crippen LogP contribution is -2.05. The second-order valence-electron chi connectivity index (χ2n) is 4.01. The second kappa shape index (κ2) is 5.96. The van der Waals surface area contributed by atoms with E-state index in [2.05, 4.69) is 20.7 Å². The maximum Gasteiger partial charge on any atom is 0.163 e. The van der Waals surface area contributed by atoms with Crippen LogP contribution >= 0.6 is 0 Å². The molecular weight excluding hydrogens is 242 g/mol. The van der Waals surface area contributed by atoms with Gasteiger partial charge < -0.3 is 9.84 Å². The van der Waals surface area contributed by atoms with Crippen LogP contribution in [0.1, 0.15) is 36.6 Å². The molecule has 0 spiro atoms. The van der Waals surface area contributed by atoms with E-state index in [1.54, 1.807) is 12.1 Å². The van der Waals surface area contributed by atoms with Crippen LogP contribution in [0.15, 0.2) is 16.7 Å². The molecule has 0 unspecified atom stereocenters. The third-order valence-corrected chi connectivity index (χ3v) is 2.83. The first-order valence-electron chi connectivity index (χ1n) is 6.22. The second-order valence-corrected chi connectivity index (χ2v) is 4.01. The topological polar surface area (TPSA) is 87.6 Å². The molecule has 0 amide bonds. The van der Waals surface area contributed by atoms with Crippen molar-refractivity contribution in [2.24, 2.45) is 0 Å². The average molecular weight is 257 g/mol. The van der Waals surface area contributed by atoms with Crippen LogP contribution in [-0.4, -0.2) is 15.4 Å². The normalized spacial score (nSPS) is 10.2. The van der Waals surface area contributed by atoms with E-state index in [0.29, 0.717) is 18.1 Å². The Balaban J connectivity index is 2.09. The first kappa shape index (κ1) is 13.0. The first-order valence-corrected chi connectivity index (χ1v) is 6.22. The van der Waals surface area contributed by atoms with E-state index in [-0.39, 0.29) is 0 Å². The number of nitrogens with one attached hydrogen (secondary N) is 1. The Morgan fingerprint density at radius 1 is 1.26 bits per heavy atom. The number of nitrogens with zero attached hydrogens (tertiary/aromatic N) is 4. The standard InChI is InChI=1S/C13H15N5O/c1-3-11-10(12(4-2)19-18-11)8-15-13-6-5-9(7-14)16-17-13/h5-6H,3-4,8H2,1-2H3,(H,15,17). The number of hydrogen-bond donors (Lipinski definition) is 1. The van der Waals surface area contributed by atoms with Crippen molar-refractivity contribution >= 4 is 5.82 Å². The molecule has 6 nitrogen and oxygen atoms in total. The van der Waals surface area contributed by atoms with Gasteiger partial charge in [-0.25, -0.2) is 0 Å². The Morgan fingerprint density at radius 2 is 2.11 bits per heavy atom. The smallest absolute Gasteiger partial charge is 0.163 e. The summed E-state index contributed by atoms with van der Waals surface area (Å²) in [6, 6.07) is 5.30. The summed E-state index contributed by atoms with van der Waals surface area (Å²) in [5.41, 5.74) is 2.35. The molecule has 0 radical (unpaired) electrons. The minimum Gasteiger partial charge on any atom is -0.364 e. The molecule has 0 bridgehead atoms. The summed E-state index contributed by atoms with van der Waals surface area (Å²) in [5.74, 6) is 1.52. The van der Waals surface area contributed by atoms with Gasteiger partial charge >= 0.3 is 0 Å². The SMILES string of the molecule is CCc1noc(CC)c1CNc1ccc(C#N)nn1. The van der Waals surface area contributed by atoms with E-state index in [9.17, 15) is 0 Å². The predicted octanol–water partition coefficient (Wildman–Crippen LogP) is 2.07. The van der Waals surface area contributed by atoms with Gasteiger partial charge in [0.1, 0.15) is 17.6 Å². The lowest BCUT2D eigenvalue weighted by atomic mass is 10.1. The Hall–Kier alpha value is -2.42. The van der Waals surface area contributed by atoms with Crippen molar-refractivity contribution in [2.45, 2.75) is 33.2 Å². The molecule has 0 fully saturated rings. The summed E-state index contributed by atoms with van der Waals surface area (Å²) in [6.45, 7) is 4.67. The van der Waals surface area contributed by atoms with Crippen LogP contribution in [0.25, 0.3) is 0 Å². The highest BCUT2D eigenvalue weighted by Crippen LogP contribution is 2.17. The zero-order valence-electron chi connectivity index (χ0n) is 11.0. The van der Waals surface area contributed by atoms with E-state index >= 15 is 0 Å². The van der Waals surface area contributed by atoms with Gasteiger partial charge in [0.2, 0.25) is 0 Å². The average Bonchev–Trinajstić information content (AvgIpc) is 2.87. The van der Waals surface area contributed by atoms with E-state index in [0.717, 1.165) is 29.9 Å². The molecule has 2 aromatic heterocycles. The minimum atomic E-state index is 0.305. The van der Waals surface area contributed by atoms with Crippen LogP contribution in [0.5, 0.6) is 0 Å². The number of aromatic nitrogens is 3. The summed E-state index contributed by atoms with van der Waals surface area (Å²) in [4.78, 5) is 0. The monoisotopic (exact) mass is 257 g/mol. The summed E-state index contributed by atoms with van der Waals surface area (Å²) in [7, 11) is 0. The van der Waals surface area contributed by atoms with Gasteiger partial charge in [-0.1, -0.05) is 19.0 Å². The zero-order chi connectivity index (χ0) is 13.7. The molecule has 2 heterocycles. The zero-order valence-corrected chi connectivity index (χ0v) is 11.0. The number of nitriles is 1. The molecule has 0 aliphatic heterocycles. The highest BCUT2D eigenvalue weighted by Gasteiger charge is 2.13. The lowest BCUT2D eigenvalue weighted by molar-refractivity contribution is 0.380. The van der Waals surface area contributed by atoms with Crippen LogP contribution in [0.4, 0.5) is 5.82 Å². The molecule has 0 atom stereocenters. The molecule has 0 aromatic carbocycles. The highest BCUT2D eigenvalue weighted by atomic mass is 16.5. The number of hydrogen-bond acceptors (Lipinski definition) is 6. The molecule has 0 saturated heterocycles. The maximum absolute atomic E-state index is 8.65. The Labute approximate surface area is 111 Å². The molecule has 0 aliphatic rings. The van der Waals surface area contributed by atoms with Gasteiger partial charge in [-0.2, -0.15) is 5.26 Å². The number of rotatable bonds is 5. The van der Waals surface area contributed by atoms with Crippen molar-refractivity contribution in [3.63, 3.8) is 0 Å². The van der Waals surface area contributed by atoms with Crippen LogP contribution in [0.3, 0.4) is 0 Å². The minimum absolute atomic E-state index is 0.305. The van der Waals surface area contributed by atoms with Gasteiger partial charge in [-0.3, -0.25) is 0 Å². The maximum atomic E-state index is 8.65. The van der Waals surface area contributed by atoms with E-state index in [1.807, 2.05) is 19.9 Å². The quantitative estimate of drug-likeness (QED) is 0.882. The van der Waals surface area contributed by atoms with Crippen LogP contribution in [-0.2, 0) is 19.4 Å². The van der Waals surface area contributed by atoms with Gasteiger partial charge in [0.25, 0.3) is 0 Å². The summed E-state index contributed by atoms with van der Waals surface area (Å²) < 4.78 is 5.29. The molecule has 0 saturated carbocycles. The van der Waals surface area contributed by atoms with Crippen molar-refractivity contribution in [2.75, 3.05) is 5.32 Å². The Kier molecular flexibility index (Phi) is 4.08. The number of aryl methyl sites for hydroxylation is 2. The molecule has 2 rings (SSSR count). The Morgan fingerprint density at radius 3 is 2.68 bits per heavy atom. The fourth-order valence-electron chi connectivity index (χ4n) is 1.80. The summed E-state index contributed by atoms with van der Waals surface area (Å²) >= 11 is 0. The van der Waals surface area contributed by atoms with Crippen LogP contribution in [0.2, 0.25) is 0 Å². The fraction of sp³-hybridized carbons (Fsp3) is 0.385. The van der Waals surface area contributed by atoms with Gasteiger partial charge in [-0.05, 0) is 18.6 Å². The lowest BCUT2D eigenvalue weighted by Gasteiger charge is -2.05. The largest absolute Gasteiger partial charge is 0.364 e. The van der Waals surface area contributed by atoms with Crippen LogP contribution < -0.4 is 5.32 Å². The van der Waals surface area contributed by atoms with Gasteiger partial charge in [0.05, 0.1) is 5.69 Å². The van der Waals surface area contributed by atoms with Crippen molar-refractivity contribution in [3.8, 4) is 6.07 Å². The van der Waals surface area contributed by atoms with Gasteiger partial charge in [-0.15, -0.1) is 10.2 Å². The number of anilines is 1. The fourth-order valence-corrected chi connectivity index (χ4v) is 1.80. The van der Waals surface area contributed by atoms with Crippen molar-refractivity contribution < 1.29 is 4.52 Å². The highest BCUT2D eigenvalue weighted by molar-refractivity contribution is 5.37. The molecular formula is C13H15N5O. The van der Waals surface area contributed by atoms with Crippen LogP contribution in [0, 0.1) is 11.3 Å². The molecule has 6 heteroatoms. The van der Waals surface area contributed by atoms with Gasteiger partial charge in [0, 0.05) is 18.5 Å². The van der Waals surface area contributed by atoms with Crippen molar-refractivity contribution in [1.29, 1.82) is 5.26 Å². The molecule has 98 valence electrons. The molecule has 2 aromatic rings. The molecule has 1 N–H and O–H groups in total. The van der Waals surface area contributed by atoms with E-state index < -0.39 is 0 Å². The third-order valence-electron chi connectivity index (χ3n) is 2.83. The Bertz CT molecular complexity index is 561.